The quantitative estimate of drug-likeness (QED) is 0.166. The number of ether oxygens (including phenoxy) is 2. The van der Waals surface area contributed by atoms with Gasteiger partial charge in [0.2, 0.25) is 0 Å². The van der Waals surface area contributed by atoms with Gasteiger partial charge >= 0.3 is 0 Å². The van der Waals surface area contributed by atoms with Crippen LogP contribution in [0.15, 0.2) is 11.6 Å². The van der Waals surface area contributed by atoms with Crippen molar-refractivity contribution in [2.24, 2.45) is 28.6 Å². The number of carbonyl (C=O) groups is 1. The fourth-order valence-electron chi connectivity index (χ4n) is 9.86. The summed E-state index contributed by atoms with van der Waals surface area (Å²) in [6, 6.07) is 0. The van der Waals surface area contributed by atoms with Crippen LogP contribution in [0.25, 0.3) is 0 Å². The van der Waals surface area contributed by atoms with Crippen LogP contribution >= 0.6 is 0 Å². The van der Waals surface area contributed by atoms with Crippen molar-refractivity contribution in [3.63, 3.8) is 0 Å². The number of carbonyl (C=O) groups excluding carboxylic acids is 1. The number of hydrogen-bond acceptors (Lipinski definition) is 12. The minimum absolute atomic E-state index is 0.111. The van der Waals surface area contributed by atoms with E-state index in [-0.39, 0.29) is 43.8 Å². The molecule has 0 aromatic rings. The molecule has 12 heteroatoms. The van der Waals surface area contributed by atoms with E-state index >= 15 is 0 Å². The van der Waals surface area contributed by atoms with E-state index in [1.807, 2.05) is 13.8 Å². The second-order valence-corrected chi connectivity index (χ2v) is 16.0. The zero-order valence-electron chi connectivity index (χ0n) is 27.0. The van der Waals surface area contributed by atoms with Crippen LogP contribution in [0, 0.1) is 28.6 Å². The molecule has 0 spiro atoms. The molecule has 9 N–H and O–H groups in total. The molecule has 258 valence electrons. The zero-order valence-corrected chi connectivity index (χ0v) is 27.0. The lowest BCUT2D eigenvalue weighted by molar-refractivity contribution is -0.328. The van der Waals surface area contributed by atoms with E-state index in [9.17, 15) is 50.8 Å². The third kappa shape index (κ3) is 5.65. The molecule has 12 nitrogen and oxygen atoms in total. The molecule has 0 radical (unpaired) electrons. The summed E-state index contributed by atoms with van der Waals surface area (Å²) in [6.07, 6.45) is -6.69. The van der Waals surface area contributed by atoms with Crippen LogP contribution in [-0.4, -0.2) is 124 Å². The molecule has 0 amide bonds. The van der Waals surface area contributed by atoms with Crippen molar-refractivity contribution in [3.8, 4) is 0 Å². The van der Waals surface area contributed by atoms with E-state index in [1.54, 1.807) is 26.8 Å². The van der Waals surface area contributed by atoms with Crippen molar-refractivity contribution in [2.75, 3.05) is 6.61 Å². The molecule has 0 unspecified atom stereocenters. The standard InChI is InChI=1S/C33H54O12/c1-29(2,41)9-8-24(45-28-27(40)26(39)25(38)22(15-34)44-28)32(5,42)23-7-11-33(43)17-12-19(35)18-13-20(36)21(37)14-30(18,3)16(17)6-10-31(23,33)4/h12,16,18,20-28,34,36-43H,6-11,13-15H2,1-5H3/t16-,18-,20+,21-,22+,23-,24+,25-,26-,27+,28+,30+,31+,32+,33+/m0/s1. The number of allylic oxidation sites excluding steroid dienone is 1. The van der Waals surface area contributed by atoms with Gasteiger partial charge in [-0.1, -0.05) is 13.8 Å². The van der Waals surface area contributed by atoms with Crippen LogP contribution in [0.3, 0.4) is 0 Å². The second kappa shape index (κ2) is 11.8. The highest BCUT2D eigenvalue weighted by molar-refractivity contribution is 5.95. The first kappa shape index (κ1) is 35.3. The number of aliphatic hydroxyl groups excluding tert-OH is 6. The molecule has 45 heavy (non-hydrogen) atoms. The highest BCUT2D eigenvalue weighted by atomic mass is 16.7. The van der Waals surface area contributed by atoms with Crippen LogP contribution in [0.5, 0.6) is 0 Å². The molecule has 1 heterocycles. The third-order valence-electron chi connectivity index (χ3n) is 12.6. The monoisotopic (exact) mass is 642 g/mol. The summed E-state index contributed by atoms with van der Waals surface area (Å²) in [7, 11) is 0. The molecule has 4 aliphatic carbocycles. The molecule has 5 rings (SSSR count). The average molecular weight is 643 g/mol. The first-order chi connectivity index (χ1) is 20.7. The van der Waals surface area contributed by atoms with Crippen molar-refractivity contribution >= 4 is 5.78 Å². The Balaban J connectivity index is 1.47. The van der Waals surface area contributed by atoms with Crippen LogP contribution in [0.1, 0.15) is 86.0 Å². The molecule has 3 saturated carbocycles. The van der Waals surface area contributed by atoms with Crippen LogP contribution in [0.4, 0.5) is 0 Å². The minimum atomic E-state index is -1.69. The summed E-state index contributed by atoms with van der Waals surface area (Å²) in [5.41, 5.74) is -5.20. The maximum absolute atomic E-state index is 13.5. The highest BCUT2D eigenvalue weighted by Crippen LogP contribution is 2.68. The van der Waals surface area contributed by atoms with Gasteiger partial charge in [-0.3, -0.25) is 4.79 Å². The molecule has 4 fully saturated rings. The predicted molar refractivity (Wildman–Crippen MR) is 159 cm³/mol. The number of hydrogen-bond donors (Lipinski definition) is 9. The predicted octanol–water partition coefficient (Wildman–Crippen LogP) is -0.322. The molecule has 1 saturated heterocycles. The van der Waals surface area contributed by atoms with Gasteiger partial charge in [-0.05, 0) is 101 Å². The fourth-order valence-corrected chi connectivity index (χ4v) is 9.86. The van der Waals surface area contributed by atoms with Crippen molar-refractivity contribution in [1.29, 1.82) is 0 Å². The molecule has 0 bridgehead atoms. The molecule has 5 aliphatic rings. The van der Waals surface area contributed by atoms with E-state index in [1.165, 1.54) is 0 Å². The normalized spacial score (nSPS) is 48.9. The summed E-state index contributed by atoms with van der Waals surface area (Å²) in [5.74, 6) is -1.40. The van der Waals surface area contributed by atoms with E-state index in [4.69, 9.17) is 9.47 Å². The lowest BCUT2D eigenvalue weighted by atomic mass is 9.45. The first-order valence-electron chi connectivity index (χ1n) is 16.5. The number of ketones is 1. The fraction of sp³-hybridized carbons (Fsp3) is 0.909. The Morgan fingerprint density at radius 2 is 1.64 bits per heavy atom. The Hall–Kier alpha value is -1.03. The molecule has 0 aromatic carbocycles. The minimum Gasteiger partial charge on any atom is -0.394 e. The van der Waals surface area contributed by atoms with Gasteiger partial charge in [-0.2, -0.15) is 0 Å². The summed E-state index contributed by atoms with van der Waals surface area (Å²) in [4.78, 5) is 13.5. The van der Waals surface area contributed by atoms with Gasteiger partial charge in [0, 0.05) is 11.3 Å². The Kier molecular flexibility index (Phi) is 9.28. The Morgan fingerprint density at radius 1 is 0.978 bits per heavy atom. The summed E-state index contributed by atoms with van der Waals surface area (Å²) in [5, 5.41) is 97.6. The Bertz CT molecular complexity index is 1150. The van der Waals surface area contributed by atoms with Crippen molar-refractivity contribution in [1.82, 2.24) is 0 Å². The van der Waals surface area contributed by atoms with E-state index in [2.05, 4.69) is 0 Å². The molecular formula is C33H54O12. The van der Waals surface area contributed by atoms with E-state index in [0.717, 1.165) is 0 Å². The van der Waals surface area contributed by atoms with Crippen LogP contribution in [-0.2, 0) is 14.3 Å². The lowest BCUT2D eigenvalue weighted by Gasteiger charge is -2.61. The zero-order chi connectivity index (χ0) is 33.5. The van der Waals surface area contributed by atoms with Crippen LogP contribution in [0.2, 0.25) is 0 Å². The van der Waals surface area contributed by atoms with Gasteiger partial charge in [0.25, 0.3) is 0 Å². The van der Waals surface area contributed by atoms with Gasteiger partial charge in [0.05, 0.1) is 41.7 Å². The van der Waals surface area contributed by atoms with Gasteiger partial charge in [0.15, 0.2) is 12.1 Å². The Labute approximate surface area is 264 Å². The maximum Gasteiger partial charge on any atom is 0.187 e. The molecule has 1 aliphatic heterocycles. The van der Waals surface area contributed by atoms with Crippen molar-refractivity contribution < 1.29 is 60.2 Å². The van der Waals surface area contributed by atoms with Gasteiger partial charge in [0.1, 0.15) is 24.4 Å². The summed E-state index contributed by atoms with van der Waals surface area (Å²) in [6.45, 7) is 8.06. The maximum atomic E-state index is 13.5. The largest absolute Gasteiger partial charge is 0.394 e. The van der Waals surface area contributed by atoms with Gasteiger partial charge in [-0.15, -0.1) is 0 Å². The SMILES string of the molecule is CC(C)(O)CC[C@@H](O[C@H]1O[C@H](CO)[C@H](O)[C@H](O)[C@H]1O)[C@](C)(O)[C@H]1CC[C@@]2(O)C3=CC(=O)[C@@H]4C[C@@H](O)[C@@H](O)C[C@]4(C)[C@H]3CC[C@]12C. The molecule has 15 atom stereocenters. The van der Waals surface area contributed by atoms with E-state index < -0.39 is 95.1 Å². The van der Waals surface area contributed by atoms with Gasteiger partial charge < -0.3 is 55.4 Å². The molecule has 0 aromatic heterocycles. The summed E-state index contributed by atoms with van der Waals surface area (Å²) < 4.78 is 11.8. The summed E-state index contributed by atoms with van der Waals surface area (Å²) >= 11 is 0. The van der Waals surface area contributed by atoms with Gasteiger partial charge in [-0.25, -0.2) is 0 Å². The van der Waals surface area contributed by atoms with Crippen LogP contribution < -0.4 is 0 Å². The topological polar surface area (TPSA) is 218 Å². The third-order valence-corrected chi connectivity index (χ3v) is 12.6. The molecular weight excluding hydrogens is 588 g/mol. The average Bonchev–Trinajstić information content (AvgIpc) is 3.23. The lowest BCUT2D eigenvalue weighted by Crippen LogP contribution is -2.64. The highest BCUT2D eigenvalue weighted by Gasteiger charge is 2.69. The number of rotatable bonds is 8. The number of aliphatic hydroxyl groups is 9. The van der Waals surface area contributed by atoms with Crippen molar-refractivity contribution in [2.45, 2.75) is 152 Å². The number of fused-ring (bicyclic) bond motifs is 5. The second-order valence-electron chi connectivity index (χ2n) is 16.0. The van der Waals surface area contributed by atoms with Crippen molar-refractivity contribution in [3.05, 3.63) is 11.6 Å². The first-order valence-corrected chi connectivity index (χ1v) is 16.5. The Morgan fingerprint density at radius 3 is 2.27 bits per heavy atom. The smallest absolute Gasteiger partial charge is 0.187 e. The van der Waals surface area contributed by atoms with E-state index in [0.29, 0.717) is 24.8 Å².